The molecule has 4 nitrogen and oxygen atoms in total. The second-order valence-corrected chi connectivity index (χ2v) is 7.69. The van der Waals surface area contributed by atoms with E-state index in [2.05, 4.69) is 21.2 Å². The van der Waals surface area contributed by atoms with Gasteiger partial charge in [-0.3, -0.25) is 4.79 Å². The molecule has 0 aliphatic carbocycles. The summed E-state index contributed by atoms with van der Waals surface area (Å²) in [5, 5.41) is 3.24. The maximum Gasteiger partial charge on any atom is 0.251 e. The molecular formula is C11H11BrClNO3S. The van der Waals surface area contributed by atoms with Crippen molar-refractivity contribution in [3.8, 4) is 0 Å². The molecule has 1 aliphatic heterocycles. The number of halogens is 2. The molecular weight excluding hydrogens is 342 g/mol. The maximum atomic E-state index is 11.9. The van der Waals surface area contributed by atoms with Crippen LogP contribution in [0.25, 0.3) is 0 Å². The van der Waals surface area contributed by atoms with Crippen molar-refractivity contribution in [2.24, 2.45) is 0 Å². The number of amides is 1. The molecule has 0 spiro atoms. The summed E-state index contributed by atoms with van der Waals surface area (Å²) in [6, 6.07) is 4.54. The maximum absolute atomic E-state index is 11.9. The summed E-state index contributed by atoms with van der Waals surface area (Å²) < 4.78 is 23.2. The van der Waals surface area contributed by atoms with E-state index in [0.29, 0.717) is 21.5 Å². The highest BCUT2D eigenvalue weighted by atomic mass is 79.9. The molecule has 0 saturated carbocycles. The quantitative estimate of drug-likeness (QED) is 0.885. The van der Waals surface area contributed by atoms with Gasteiger partial charge in [-0.15, -0.1) is 0 Å². The Balaban J connectivity index is 2.06. The molecule has 1 aromatic rings. The van der Waals surface area contributed by atoms with Gasteiger partial charge in [0.25, 0.3) is 5.91 Å². The number of sulfone groups is 1. The van der Waals surface area contributed by atoms with Crippen LogP contribution in [0, 0.1) is 0 Å². The lowest BCUT2D eigenvalue weighted by Crippen LogP contribution is -2.35. The van der Waals surface area contributed by atoms with Crippen molar-refractivity contribution in [1.82, 2.24) is 5.32 Å². The molecule has 1 amide bonds. The highest BCUT2D eigenvalue weighted by molar-refractivity contribution is 9.10. The predicted molar refractivity (Wildman–Crippen MR) is 73.7 cm³/mol. The van der Waals surface area contributed by atoms with Gasteiger partial charge >= 0.3 is 0 Å². The summed E-state index contributed by atoms with van der Waals surface area (Å²) in [6.07, 6.45) is 0.475. The Labute approximate surface area is 119 Å². The van der Waals surface area contributed by atoms with Crippen molar-refractivity contribution in [2.75, 3.05) is 11.5 Å². The van der Waals surface area contributed by atoms with Crippen molar-refractivity contribution in [3.05, 3.63) is 33.3 Å². The fourth-order valence-corrected chi connectivity index (χ4v) is 3.98. The Bertz CT molecular complexity index is 588. The molecule has 1 unspecified atom stereocenters. The summed E-state index contributed by atoms with van der Waals surface area (Å²) >= 11 is 9.07. The van der Waals surface area contributed by atoms with Gasteiger partial charge in [-0.05, 0) is 40.5 Å². The number of hydrogen-bond acceptors (Lipinski definition) is 3. The molecule has 0 bridgehead atoms. The van der Waals surface area contributed by atoms with Crippen LogP contribution in [0.4, 0.5) is 0 Å². The van der Waals surface area contributed by atoms with Crippen LogP contribution in [0.3, 0.4) is 0 Å². The van der Waals surface area contributed by atoms with Crippen LogP contribution in [0.5, 0.6) is 0 Å². The van der Waals surface area contributed by atoms with Crippen molar-refractivity contribution >= 4 is 43.3 Å². The van der Waals surface area contributed by atoms with Gasteiger partial charge < -0.3 is 5.32 Å². The second kappa shape index (κ2) is 5.19. The van der Waals surface area contributed by atoms with Gasteiger partial charge in [-0.1, -0.05) is 11.6 Å². The van der Waals surface area contributed by atoms with E-state index in [9.17, 15) is 13.2 Å². The van der Waals surface area contributed by atoms with Gasteiger partial charge in [-0.25, -0.2) is 8.42 Å². The Morgan fingerprint density at radius 3 is 2.72 bits per heavy atom. The third kappa shape index (κ3) is 3.24. The van der Waals surface area contributed by atoms with Gasteiger partial charge in [0, 0.05) is 16.1 Å². The van der Waals surface area contributed by atoms with E-state index in [1.165, 1.54) is 0 Å². The minimum atomic E-state index is -2.98. The zero-order valence-electron chi connectivity index (χ0n) is 9.32. The fraction of sp³-hybridized carbons (Fsp3) is 0.364. The third-order valence-electron chi connectivity index (χ3n) is 2.75. The van der Waals surface area contributed by atoms with E-state index in [4.69, 9.17) is 11.6 Å². The first-order valence-corrected chi connectivity index (χ1v) is 8.33. The fourth-order valence-electron chi connectivity index (χ4n) is 1.81. The van der Waals surface area contributed by atoms with E-state index < -0.39 is 9.84 Å². The summed E-state index contributed by atoms with van der Waals surface area (Å²) in [6.45, 7) is 0. The number of hydrogen-bond donors (Lipinski definition) is 1. The van der Waals surface area contributed by atoms with Gasteiger partial charge in [0.1, 0.15) is 0 Å². The SMILES string of the molecule is O=C(NC1CCS(=O)(=O)C1)c1ccc(Cl)c(Br)c1. The van der Waals surface area contributed by atoms with Crippen molar-refractivity contribution in [3.63, 3.8) is 0 Å². The lowest BCUT2D eigenvalue weighted by Gasteiger charge is -2.11. The zero-order chi connectivity index (χ0) is 13.3. The van der Waals surface area contributed by atoms with Gasteiger partial charge in [-0.2, -0.15) is 0 Å². The third-order valence-corrected chi connectivity index (χ3v) is 5.73. The largest absolute Gasteiger partial charge is 0.348 e. The van der Waals surface area contributed by atoms with Gasteiger partial charge in [0.05, 0.1) is 16.5 Å². The van der Waals surface area contributed by atoms with Crippen LogP contribution >= 0.6 is 27.5 Å². The highest BCUT2D eigenvalue weighted by Gasteiger charge is 2.29. The van der Waals surface area contributed by atoms with E-state index >= 15 is 0 Å². The molecule has 1 saturated heterocycles. The van der Waals surface area contributed by atoms with E-state index in [-0.39, 0.29) is 23.5 Å². The number of rotatable bonds is 2. The molecule has 0 radical (unpaired) electrons. The number of benzene rings is 1. The second-order valence-electron chi connectivity index (χ2n) is 4.20. The van der Waals surface area contributed by atoms with Gasteiger partial charge in [0.15, 0.2) is 9.84 Å². The number of carbonyl (C=O) groups excluding carboxylic acids is 1. The smallest absolute Gasteiger partial charge is 0.251 e. The molecule has 98 valence electrons. The standard InChI is InChI=1S/C11H11BrClNO3S/c12-9-5-7(1-2-10(9)13)11(15)14-8-3-4-18(16,17)6-8/h1-2,5,8H,3-4,6H2,(H,14,15). The molecule has 7 heteroatoms. The lowest BCUT2D eigenvalue weighted by molar-refractivity contribution is 0.0941. The first kappa shape index (κ1) is 13.8. The predicted octanol–water partition coefficient (Wildman–Crippen LogP) is 2.02. The number of carbonyl (C=O) groups is 1. The van der Waals surface area contributed by atoms with Gasteiger partial charge in [0.2, 0.25) is 0 Å². The minimum absolute atomic E-state index is 0.0213. The highest BCUT2D eigenvalue weighted by Crippen LogP contribution is 2.23. The average Bonchev–Trinajstić information content (AvgIpc) is 2.62. The first-order valence-electron chi connectivity index (χ1n) is 5.34. The van der Waals surface area contributed by atoms with E-state index in [1.807, 2.05) is 0 Å². The number of nitrogens with one attached hydrogen (secondary N) is 1. The molecule has 1 heterocycles. The zero-order valence-corrected chi connectivity index (χ0v) is 12.5. The Morgan fingerprint density at radius 2 is 2.17 bits per heavy atom. The molecule has 1 aromatic carbocycles. The summed E-state index contributed by atoms with van der Waals surface area (Å²) in [5.74, 6) is -0.120. The summed E-state index contributed by atoms with van der Waals surface area (Å²) in [7, 11) is -2.98. The Hall–Kier alpha value is -0.590. The lowest BCUT2D eigenvalue weighted by atomic mass is 10.2. The van der Waals surface area contributed by atoms with Crippen LogP contribution in [0.2, 0.25) is 5.02 Å². The molecule has 1 N–H and O–H groups in total. The van der Waals surface area contributed by atoms with Crippen molar-refractivity contribution in [1.29, 1.82) is 0 Å². The molecule has 18 heavy (non-hydrogen) atoms. The van der Waals surface area contributed by atoms with Crippen LogP contribution < -0.4 is 5.32 Å². The van der Waals surface area contributed by atoms with Crippen molar-refractivity contribution < 1.29 is 13.2 Å². The van der Waals surface area contributed by atoms with E-state index in [0.717, 1.165) is 0 Å². The Morgan fingerprint density at radius 1 is 1.44 bits per heavy atom. The average molecular weight is 353 g/mol. The minimum Gasteiger partial charge on any atom is -0.348 e. The Kier molecular flexibility index (Phi) is 3.99. The summed E-state index contributed by atoms with van der Waals surface area (Å²) in [4.78, 5) is 11.9. The normalized spacial score (nSPS) is 21.8. The molecule has 0 aromatic heterocycles. The molecule has 1 aliphatic rings. The monoisotopic (exact) mass is 351 g/mol. The van der Waals surface area contributed by atoms with Crippen LogP contribution in [-0.2, 0) is 9.84 Å². The summed E-state index contributed by atoms with van der Waals surface area (Å²) in [5.41, 5.74) is 0.454. The molecule has 1 fully saturated rings. The van der Waals surface area contributed by atoms with E-state index in [1.54, 1.807) is 18.2 Å². The van der Waals surface area contributed by atoms with Crippen molar-refractivity contribution in [2.45, 2.75) is 12.5 Å². The van der Waals surface area contributed by atoms with Crippen LogP contribution in [0.15, 0.2) is 22.7 Å². The first-order chi connectivity index (χ1) is 8.37. The molecule has 1 atom stereocenters. The van der Waals surface area contributed by atoms with Crippen LogP contribution in [-0.4, -0.2) is 31.9 Å². The topological polar surface area (TPSA) is 63.2 Å². The van der Waals surface area contributed by atoms with Crippen LogP contribution in [0.1, 0.15) is 16.8 Å². The molecule has 2 rings (SSSR count).